The van der Waals surface area contributed by atoms with E-state index in [1.807, 2.05) is 0 Å². The van der Waals surface area contributed by atoms with E-state index in [0.29, 0.717) is 10.8 Å². The van der Waals surface area contributed by atoms with Crippen LogP contribution in [-0.2, 0) is 5.41 Å². The van der Waals surface area contributed by atoms with E-state index in [4.69, 9.17) is 0 Å². The third kappa shape index (κ3) is 4.05. The van der Waals surface area contributed by atoms with E-state index in [2.05, 4.69) is 83.1 Å². The Balaban J connectivity index is 1.70. The van der Waals surface area contributed by atoms with Crippen LogP contribution in [0.2, 0.25) is 0 Å². The fourth-order valence-corrected chi connectivity index (χ4v) is 4.98. The lowest BCUT2D eigenvalue weighted by Crippen LogP contribution is -2.34. The Kier molecular flexibility index (Phi) is 5.61. The number of hydrogen-bond donors (Lipinski definition) is 0. The highest BCUT2D eigenvalue weighted by Gasteiger charge is 2.38. The predicted octanol–water partition coefficient (Wildman–Crippen LogP) is 7.94. The molecule has 0 heterocycles. The quantitative estimate of drug-likeness (QED) is 0.514. The van der Waals surface area contributed by atoms with Crippen LogP contribution in [0, 0.1) is 18.3 Å². The van der Waals surface area contributed by atoms with E-state index in [1.165, 1.54) is 60.8 Å². The highest BCUT2D eigenvalue weighted by Crippen LogP contribution is 2.48. The molecule has 0 spiro atoms. The molecule has 0 nitrogen and oxygen atoms in total. The lowest BCUT2D eigenvalue weighted by Gasteiger charge is -2.44. The minimum Gasteiger partial charge on any atom is -0.0654 e. The van der Waals surface area contributed by atoms with Crippen molar-refractivity contribution in [2.75, 3.05) is 0 Å². The summed E-state index contributed by atoms with van der Waals surface area (Å²) in [6.07, 6.45) is 8.08. The summed E-state index contributed by atoms with van der Waals surface area (Å²) in [6, 6.07) is 18.3. The average Bonchev–Trinajstić information content (AvgIpc) is 2.63. The molecule has 0 unspecified atom stereocenters. The molecule has 0 radical (unpaired) electrons. The van der Waals surface area contributed by atoms with Gasteiger partial charge in [-0.15, -0.1) is 0 Å². The van der Waals surface area contributed by atoms with Crippen LogP contribution in [-0.4, -0.2) is 0 Å². The molecule has 1 fully saturated rings. The van der Waals surface area contributed by atoms with E-state index in [9.17, 15) is 0 Å². The second kappa shape index (κ2) is 7.59. The minimum absolute atomic E-state index is 0.352. The molecule has 0 bridgehead atoms. The first-order valence-electron chi connectivity index (χ1n) is 10.5. The summed E-state index contributed by atoms with van der Waals surface area (Å²) in [5, 5.41) is 0. The summed E-state index contributed by atoms with van der Waals surface area (Å²) in [5.74, 6) is 0.891. The summed E-state index contributed by atoms with van der Waals surface area (Å²) in [6.45, 7) is 11.9. The molecule has 0 aromatic heterocycles. The van der Waals surface area contributed by atoms with Gasteiger partial charge in [-0.2, -0.15) is 0 Å². The Morgan fingerprint density at radius 3 is 1.88 bits per heavy atom. The van der Waals surface area contributed by atoms with Crippen molar-refractivity contribution in [3.63, 3.8) is 0 Å². The Morgan fingerprint density at radius 2 is 1.38 bits per heavy atom. The van der Waals surface area contributed by atoms with E-state index >= 15 is 0 Å². The molecule has 2 aromatic carbocycles. The lowest BCUT2D eigenvalue weighted by molar-refractivity contribution is 0.113. The van der Waals surface area contributed by atoms with Crippen LogP contribution in [0.5, 0.6) is 0 Å². The van der Waals surface area contributed by atoms with Gasteiger partial charge in [0.15, 0.2) is 0 Å². The van der Waals surface area contributed by atoms with Crippen molar-refractivity contribution < 1.29 is 0 Å². The molecule has 0 aliphatic heterocycles. The highest BCUT2D eigenvalue weighted by atomic mass is 14.4. The zero-order chi connectivity index (χ0) is 18.8. The smallest absolute Gasteiger partial charge is 0.00750 e. The van der Waals surface area contributed by atoms with Crippen molar-refractivity contribution in [1.29, 1.82) is 0 Å². The molecule has 1 aliphatic carbocycles. The monoisotopic (exact) mass is 348 g/mol. The van der Waals surface area contributed by atoms with Crippen LogP contribution in [0.3, 0.4) is 0 Å². The first kappa shape index (κ1) is 19.2. The molecule has 3 rings (SSSR count). The molecule has 26 heavy (non-hydrogen) atoms. The van der Waals surface area contributed by atoms with Gasteiger partial charge in [0.2, 0.25) is 0 Å². The molecule has 2 aromatic rings. The molecule has 0 heteroatoms. The first-order valence-corrected chi connectivity index (χ1v) is 10.5. The van der Waals surface area contributed by atoms with Gasteiger partial charge in [0, 0.05) is 0 Å². The van der Waals surface area contributed by atoms with Gasteiger partial charge in [0.1, 0.15) is 0 Å². The molecule has 1 saturated carbocycles. The Hall–Kier alpha value is -1.56. The van der Waals surface area contributed by atoms with E-state index < -0.39 is 0 Å². The SMILES string of the molecule is CCCC(C)(C)C1CCC(C)(c2ccc(-c3ccc(C)cc3)cc2)CC1. The summed E-state index contributed by atoms with van der Waals surface area (Å²) in [7, 11) is 0. The third-order valence-electron chi connectivity index (χ3n) is 7.06. The van der Waals surface area contributed by atoms with Crippen LogP contribution >= 0.6 is 0 Å². The largest absolute Gasteiger partial charge is 0.0654 e. The predicted molar refractivity (Wildman–Crippen MR) is 115 cm³/mol. The zero-order valence-corrected chi connectivity index (χ0v) is 17.4. The van der Waals surface area contributed by atoms with Gasteiger partial charge in [-0.1, -0.05) is 88.2 Å². The number of aryl methyl sites for hydroxylation is 1. The van der Waals surface area contributed by atoms with E-state index in [1.54, 1.807) is 0 Å². The van der Waals surface area contributed by atoms with Crippen LogP contribution in [0.25, 0.3) is 11.1 Å². The van der Waals surface area contributed by atoms with Crippen molar-refractivity contribution >= 4 is 0 Å². The topological polar surface area (TPSA) is 0 Å². The number of rotatable bonds is 5. The molecule has 140 valence electrons. The molecule has 0 atom stereocenters. The zero-order valence-electron chi connectivity index (χ0n) is 17.4. The fourth-order valence-electron chi connectivity index (χ4n) is 4.98. The second-order valence-corrected chi connectivity index (χ2v) is 9.52. The maximum Gasteiger partial charge on any atom is -0.00750 e. The number of benzene rings is 2. The van der Waals surface area contributed by atoms with Gasteiger partial charge in [-0.25, -0.2) is 0 Å². The summed E-state index contributed by atoms with van der Waals surface area (Å²) in [4.78, 5) is 0. The summed E-state index contributed by atoms with van der Waals surface area (Å²) in [5.41, 5.74) is 6.35. The van der Waals surface area contributed by atoms with Crippen molar-refractivity contribution in [2.45, 2.75) is 78.6 Å². The summed E-state index contributed by atoms with van der Waals surface area (Å²) >= 11 is 0. The van der Waals surface area contributed by atoms with Crippen LogP contribution in [0.1, 0.15) is 77.3 Å². The molecular formula is C26H36. The van der Waals surface area contributed by atoms with E-state index in [0.717, 1.165) is 5.92 Å². The molecule has 0 amide bonds. The van der Waals surface area contributed by atoms with Gasteiger partial charge in [-0.05, 0) is 72.5 Å². The Morgan fingerprint density at radius 1 is 0.885 bits per heavy atom. The molecular weight excluding hydrogens is 312 g/mol. The van der Waals surface area contributed by atoms with Gasteiger partial charge >= 0.3 is 0 Å². The van der Waals surface area contributed by atoms with Crippen molar-refractivity contribution in [1.82, 2.24) is 0 Å². The first-order chi connectivity index (χ1) is 12.3. The lowest BCUT2D eigenvalue weighted by atomic mass is 9.61. The maximum atomic E-state index is 2.49. The summed E-state index contributed by atoms with van der Waals surface area (Å²) < 4.78 is 0. The van der Waals surface area contributed by atoms with Crippen molar-refractivity contribution in [3.8, 4) is 11.1 Å². The van der Waals surface area contributed by atoms with Crippen molar-refractivity contribution in [3.05, 3.63) is 59.7 Å². The van der Waals surface area contributed by atoms with E-state index in [-0.39, 0.29) is 0 Å². The van der Waals surface area contributed by atoms with Gasteiger partial charge in [-0.3, -0.25) is 0 Å². The molecule has 0 saturated heterocycles. The molecule has 0 N–H and O–H groups in total. The third-order valence-corrected chi connectivity index (χ3v) is 7.06. The fraction of sp³-hybridized carbons (Fsp3) is 0.538. The van der Waals surface area contributed by atoms with Crippen LogP contribution in [0.4, 0.5) is 0 Å². The highest BCUT2D eigenvalue weighted by molar-refractivity contribution is 5.64. The Bertz CT molecular complexity index is 695. The second-order valence-electron chi connectivity index (χ2n) is 9.52. The van der Waals surface area contributed by atoms with Crippen molar-refractivity contribution in [2.24, 2.45) is 11.3 Å². The van der Waals surface area contributed by atoms with Crippen LogP contribution in [0.15, 0.2) is 48.5 Å². The maximum absolute atomic E-state index is 2.49. The van der Waals surface area contributed by atoms with Gasteiger partial charge in [0.05, 0.1) is 0 Å². The normalized spacial score (nSPS) is 23.8. The average molecular weight is 349 g/mol. The number of hydrogen-bond acceptors (Lipinski definition) is 0. The van der Waals surface area contributed by atoms with Gasteiger partial charge < -0.3 is 0 Å². The Labute approximate surface area is 161 Å². The van der Waals surface area contributed by atoms with Crippen LogP contribution < -0.4 is 0 Å². The molecule has 1 aliphatic rings. The van der Waals surface area contributed by atoms with Gasteiger partial charge in [0.25, 0.3) is 0 Å². The minimum atomic E-state index is 0.352. The standard InChI is InChI=1S/C26H36/c1-6-17-25(3,4)23-15-18-26(5,19-16-23)24-13-11-22(12-14-24)21-9-7-20(2)8-10-21/h7-14,23H,6,15-19H2,1-5H3.